The molecule has 2 aliphatic rings. The van der Waals surface area contributed by atoms with Crippen LogP contribution in [-0.4, -0.2) is 35.0 Å². The molecule has 1 amide bonds. The summed E-state index contributed by atoms with van der Waals surface area (Å²) in [5.74, 6) is -1.24. The number of carbonyl (C=O) groups excluding carboxylic acids is 1. The topological polar surface area (TPSA) is 57.6 Å². The van der Waals surface area contributed by atoms with Crippen LogP contribution in [0.25, 0.3) is 10.1 Å². The minimum Gasteiger partial charge on any atom is -0.481 e. The number of halogens is 1. The lowest BCUT2D eigenvalue weighted by Gasteiger charge is -2.23. The van der Waals surface area contributed by atoms with Gasteiger partial charge in [0.05, 0.1) is 10.3 Å². The van der Waals surface area contributed by atoms with Gasteiger partial charge in [0.2, 0.25) is 0 Å². The van der Waals surface area contributed by atoms with Gasteiger partial charge in [-0.15, -0.1) is 11.3 Å². The first-order chi connectivity index (χ1) is 11.4. The predicted molar refractivity (Wildman–Crippen MR) is 89.8 cm³/mol. The summed E-state index contributed by atoms with van der Waals surface area (Å²) >= 11 is 1.29. The molecule has 2 fully saturated rings. The van der Waals surface area contributed by atoms with E-state index in [1.807, 2.05) is 6.07 Å². The summed E-state index contributed by atoms with van der Waals surface area (Å²) < 4.78 is 14.8. The Bertz CT molecular complexity index is 861. The van der Waals surface area contributed by atoms with Crippen molar-refractivity contribution in [3.05, 3.63) is 34.5 Å². The van der Waals surface area contributed by atoms with Crippen LogP contribution < -0.4 is 0 Å². The molecule has 0 spiro atoms. The van der Waals surface area contributed by atoms with Crippen molar-refractivity contribution in [2.45, 2.75) is 26.2 Å². The van der Waals surface area contributed by atoms with Gasteiger partial charge in [-0.2, -0.15) is 0 Å². The Kier molecular flexibility index (Phi) is 3.42. The molecule has 4 rings (SSSR count). The number of benzene rings is 1. The number of aliphatic carboxylic acids is 1. The van der Waals surface area contributed by atoms with Gasteiger partial charge in [-0.3, -0.25) is 9.59 Å². The number of hydrogen-bond acceptors (Lipinski definition) is 3. The third-order valence-corrected chi connectivity index (χ3v) is 6.93. The molecule has 1 aromatic heterocycles. The monoisotopic (exact) mass is 347 g/mol. The molecule has 6 heteroatoms. The van der Waals surface area contributed by atoms with Crippen LogP contribution in [0.1, 0.15) is 34.5 Å². The number of amides is 1. The normalized spacial score (nSPS) is 26.1. The molecule has 2 atom stereocenters. The number of carbonyl (C=O) groups is 2. The van der Waals surface area contributed by atoms with Crippen LogP contribution >= 0.6 is 11.3 Å². The quantitative estimate of drug-likeness (QED) is 0.902. The highest BCUT2D eigenvalue weighted by atomic mass is 32.1. The maximum atomic E-state index is 14.1. The summed E-state index contributed by atoms with van der Waals surface area (Å²) in [5.41, 5.74) is -0.134. The Labute approximate surface area is 142 Å². The van der Waals surface area contributed by atoms with Crippen molar-refractivity contribution in [2.24, 2.45) is 11.3 Å². The molecule has 1 saturated carbocycles. The van der Waals surface area contributed by atoms with Gasteiger partial charge < -0.3 is 10.0 Å². The van der Waals surface area contributed by atoms with Gasteiger partial charge in [0, 0.05) is 23.2 Å². The minimum absolute atomic E-state index is 0.0328. The number of carboxylic acids is 1. The van der Waals surface area contributed by atoms with Crippen LogP contribution in [0.5, 0.6) is 0 Å². The number of hydrogen-bond donors (Lipinski definition) is 1. The highest BCUT2D eigenvalue weighted by Gasteiger charge is 2.56. The summed E-state index contributed by atoms with van der Waals surface area (Å²) in [6.07, 6.45) is 2.40. The van der Waals surface area contributed by atoms with E-state index in [4.69, 9.17) is 0 Å². The van der Waals surface area contributed by atoms with Crippen molar-refractivity contribution < 1.29 is 19.1 Å². The second-order valence-corrected chi connectivity index (χ2v) is 7.96. The molecular formula is C18H18FNO3S. The number of rotatable bonds is 2. The summed E-state index contributed by atoms with van der Waals surface area (Å²) in [7, 11) is 0. The Morgan fingerprint density at radius 2 is 2.21 bits per heavy atom. The van der Waals surface area contributed by atoms with Gasteiger partial charge in [0.15, 0.2) is 0 Å². The molecule has 0 radical (unpaired) electrons. The third kappa shape index (κ3) is 2.02. The lowest BCUT2D eigenvalue weighted by molar-refractivity contribution is -0.149. The maximum Gasteiger partial charge on any atom is 0.311 e. The smallest absolute Gasteiger partial charge is 0.311 e. The number of nitrogens with zero attached hydrogens (tertiary/aromatic N) is 1. The van der Waals surface area contributed by atoms with E-state index in [0.29, 0.717) is 28.8 Å². The molecule has 0 bridgehead atoms. The van der Waals surface area contributed by atoms with Gasteiger partial charge in [-0.05, 0) is 43.4 Å². The van der Waals surface area contributed by atoms with Gasteiger partial charge in [0.1, 0.15) is 5.82 Å². The van der Waals surface area contributed by atoms with E-state index in [2.05, 4.69) is 0 Å². The van der Waals surface area contributed by atoms with Crippen LogP contribution in [0.3, 0.4) is 0 Å². The molecule has 4 nitrogen and oxygen atoms in total. The zero-order chi connectivity index (χ0) is 17.1. The Morgan fingerprint density at radius 1 is 1.42 bits per heavy atom. The summed E-state index contributed by atoms with van der Waals surface area (Å²) in [5, 5.41) is 10.2. The number of carboxylic acid groups (broad SMARTS) is 1. The van der Waals surface area contributed by atoms with Crippen LogP contribution in [0.15, 0.2) is 18.2 Å². The molecular weight excluding hydrogens is 329 g/mol. The van der Waals surface area contributed by atoms with E-state index in [9.17, 15) is 19.1 Å². The Morgan fingerprint density at radius 3 is 2.88 bits per heavy atom. The molecule has 2 heterocycles. The average molecular weight is 347 g/mol. The first-order valence-electron chi connectivity index (χ1n) is 8.14. The largest absolute Gasteiger partial charge is 0.481 e. The van der Waals surface area contributed by atoms with Gasteiger partial charge in [-0.1, -0.05) is 12.5 Å². The van der Waals surface area contributed by atoms with Gasteiger partial charge in [-0.25, -0.2) is 4.39 Å². The molecule has 0 unspecified atom stereocenters. The van der Waals surface area contributed by atoms with Crippen molar-refractivity contribution in [3.8, 4) is 0 Å². The third-order valence-electron chi connectivity index (χ3n) is 5.68. The zero-order valence-electron chi connectivity index (χ0n) is 13.3. The van der Waals surface area contributed by atoms with Crippen molar-refractivity contribution in [2.75, 3.05) is 13.1 Å². The Balaban J connectivity index is 1.70. The zero-order valence-corrected chi connectivity index (χ0v) is 14.2. The van der Waals surface area contributed by atoms with Crippen LogP contribution in [-0.2, 0) is 4.79 Å². The van der Waals surface area contributed by atoms with Crippen molar-refractivity contribution in [1.82, 2.24) is 4.90 Å². The average Bonchev–Trinajstić information content (AvgIpc) is 3.18. The lowest BCUT2D eigenvalue weighted by Crippen LogP contribution is -2.37. The van der Waals surface area contributed by atoms with E-state index < -0.39 is 11.4 Å². The van der Waals surface area contributed by atoms with Crippen LogP contribution in [0.2, 0.25) is 0 Å². The number of aryl methyl sites for hydroxylation is 1. The second-order valence-electron chi connectivity index (χ2n) is 6.91. The SMILES string of the molecule is Cc1c(C(=O)N2C[C@@H]3CCC[C@@]3(C(=O)O)C2)sc2cccc(F)c12. The fraction of sp³-hybridized carbons (Fsp3) is 0.444. The molecule has 126 valence electrons. The number of likely N-dealkylation sites (tertiary alicyclic amines) is 1. The molecule has 1 saturated heterocycles. The number of thiophene rings is 1. The van der Waals surface area contributed by atoms with E-state index in [-0.39, 0.29) is 24.2 Å². The predicted octanol–water partition coefficient (Wildman–Crippen LogP) is 3.68. The number of fused-ring (bicyclic) bond motifs is 2. The highest BCUT2D eigenvalue weighted by Crippen LogP contribution is 2.49. The summed E-state index contributed by atoms with van der Waals surface area (Å²) in [4.78, 5) is 26.9. The van der Waals surface area contributed by atoms with E-state index in [1.54, 1.807) is 17.9 Å². The molecule has 1 N–H and O–H groups in total. The van der Waals surface area contributed by atoms with Crippen molar-refractivity contribution in [1.29, 1.82) is 0 Å². The fourth-order valence-electron chi connectivity index (χ4n) is 4.39. The van der Waals surface area contributed by atoms with E-state index >= 15 is 0 Å². The maximum absolute atomic E-state index is 14.1. The lowest BCUT2D eigenvalue weighted by atomic mass is 9.81. The fourth-order valence-corrected chi connectivity index (χ4v) is 5.59. The molecule has 2 aromatic rings. The molecule has 1 aliphatic carbocycles. The first kappa shape index (κ1) is 15.6. The summed E-state index contributed by atoms with van der Waals surface area (Å²) in [6, 6.07) is 4.85. The Hall–Kier alpha value is -1.95. The van der Waals surface area contributed by atoms with Gasteiger partial charge >= 0.3 is 5.97 Å². The van der Waals surface area contributed by atoms with Crippen molar-refractivity contribution in [3.63, 3.8) is 0 Å². The highest BCUT2D eigenvalue weighted by molar-refractivity contribution is 7.21. The van der Waals surface area contributed by atoms with Crippen molar-refractivity contribution >= 4 is 33.3 Å². The van der Waals surface area contributed by atoms with E-state index in [0.717, 1.165) is 17.5 Å². The second kappa shape index (κ2) is 5.28. The van der Waals surface area contributed by atoms with Gasteiger partial charge in [0.25, 0.3) is 5.91 Å². The molecule has 1 aromatic carbocycles. The summed E-state index contributed by atoms with van der Waals surface area (Å²) in [6.45, 7) is 2.52. The van der Waals surface area contributed by atoms with Crippen LogP contribution in [0, 0.1) is 24.1 Å². The molecule has 24 heavy (non-hydrogen) atoms. The first-order valence-corrected chi connectivity index (χ1v) is 8.96. The standard InChI is InChI=1S/C18H18FNO3S/c1-10-14-12(19)5-2-6-13(14)24-15(10)16(21)20-8-11-4-3-7-18(11,9-20)17(22)23/h2,5-6,11H,3-4,7-9H2,1H3,(H,22,23)/t11-,18+/m0/s1. The van der Waals surface area contributed by atoms with E-state index in [1.165, 1.54) is 17.4 Å². The van der Waals surface area contributed by atoms with Crippen LogP contribution in [0.4, 0.5) is 4.39 Å². The molecule has 1 aliphatic heterocycles. The minimum atomic E-state index is -0.792.